The standard InChI is InChI=1S/C21H21N3O3/c1-14(2)16-7-9-17(10-8-16)20-21(24-27-23-20)22-19(25)13-6-15-4-11-18(26-3)12-5-15/h4-14H,1-3H3,(H,22,24,25)/b13-6+. The molecule has 0 aliphatic carbocycles. The lowest BCUT2D eigenvalue weighted by Gasteiger charge is -2.06. The molecule has 0 radical (unpaired) electrons. The number of carbonyl (C=O) groups is 1. The molecule has 1 aromatic heterocycles. The molecule has 0 saturated carbocycles. The highest BCUT2D eigenvalue weighted by molar-refractivity contribution is 6.02. The Labute approximate surface area is 157 Å². The van der Waals surface area contributed by atoms with E-state index in [0.717, 1.165) is 16.9 Å². The van der Waals surface area contributed by atoms with Crippen LogP contribution in [0.15, 0.2) is 59.2 Å². The third kappa shape index (κ3) is 4.61. The van der Waals surface area contributed by atoms with Gasteiger partial charge in [-0.3, -0.25) is 4.79 Å². The number of aromatic nitrogens is 2. The lowest BCUT2D eigenvalue weighted by molar-refractivity contribution is -0.111. The Morgan fingerprint density at radius 3 is 2.41 bits per heavy atom. The number of benzene rings is 2. The molecule has 1 N–H and O–H groups in total. The van der Waals surface area contributed by atoms with Gasteiger partial charge in [-0.2, -0.15) is 0 Å². The molecule has 0 bridgehead atoms. The highest BCUT2D eigenvalue weighted by atomic mass is 16.6. The van der Waals surface area contributed by atoms with E-state index in [4.69, 9.17) is 9.37 Å². The van der Waals surface area contributed by atoms with Crippen molar-refractivity contribution in [2.45, 2.75) is 19.8 Å². The zero-order valence-corrected chi connectivity index (χ0v) is 15.5. The Morgan fingerprint density at radius 1 is 1.07 bits per heavy atom. The molecule has 0 aliphatic rings. The average molecular weight is 363 g/mol. The maximum Gasteiger partial charge on any atom is 0.249 e. The van der Waals surface area contributed by atoms with E-state index < -0.39 is 0 Å². The van der Waals surface area contributed by atoms with E-state index in [1.807, 2.05) is 48.5 Å². The van der Waals surface area contributed by atoms with Crippen LogP contribution in [0.25, 0.3) is 17.3 Å². The van der Waals surface area contributed by atoms with Gasteiger partial charge in [-0.05, 0) is 45.6 Å². The minimum atomic E-state index is -0.318. The van der Waals surface area contributed by atoms with E-state index in [1.54, 1.807) is 13.2 Å². The molecule has 3 aromatic rings. The molecule has 1 heterocycles. The van der Waals surface area contributed by atoms with E-state index in [-0.39, 0.29) is 11.7 Å². The quantitative estimate of drug-likeness (QED) is 0.652. The summed E-state index contributed by atoms with van der Waals surface area (Å²) in [7, 11) is 1.61. The number of hydrogen-bond acceptors (Lipinski definition) is 5. The van der Waals surface area contributed by atoms with Crippen LogP contribution in [0.4, 0.5) is 5.82 Å². The van der Waals surface area contributed by atoms with Crippen LogP contribution in [0.5, 0.6) is 5.75 Å². The van der Waals surface area contributed by atoms with E-state index in [9.17, 15) is 4.79 Å². The zero-order chi connectivity index (χ0) is 19.2. The third-order valence-electron chi connectivity index (χ3n) is 4.12. The normalized spacial score (nSPS) is 11.1. The van der Waals surface area contributed by atoms with E-state index in [2.05, 4.69) is 29.5 Å². The Morgan fingerprint density at radius 2 is 1.78 bits per heavy atom. The topological polar surface area (TPSA) is 77.2 Å². The van der Waals surface area contributed by atoms with Crippen molar-refractivity contribution in [1.29, 1.82) is 0 Å². The van der Waals surface area contributed by atoms with Crippen molar-refractivity contribution in [3.05, 3.63) is 65.7 Å². The lowest BCUT2D eigenvalue weighted by atomic mass is 10.0. The van der Waals surface area contributed by atoms with Gasteiger partial charge < -0.3 is 10.1 Å². The molecule has 3 rings (SSSR count). The Kier molecular flexibility index (Phi) is 5.66. The summed E-state index contributed by atoms with van der Waals surface area (Å²) < 4.78 is 9.93. The first-order chi connectivity index (χ1) is 13.1. The van der Waals surface area contributed by atoms with Crippen molar-refractivity contribution < 1.29 is 14.2 Å². The van der Waals surface area contributed by atoms with Crippen LogP contribution >= 0.6 is 0 Å². The summed E-state index contributed by atoms with van der Waals surface area (Å²) in [6.45, 7) is 4.26. The molecule has 2 aromatic carbocycles. The Hall–Kier alpha value is -3.41. The monoisotopic (exact) mass is 363 g/mol. The molecule has 0 fully saturated rings. The van der Waals surface area contributed by atoms with Crippen LogP contribution < -0.4 is 10.1 Å². The number of amides is 1. The second-order valence-corrected chi connectivity index (χ2v) is 6.33. The average Bonchev–Trinajstić information content (AvgIpc) is 3.15. The van der Waals surface area contributed by atoms with Crippen molar-refractivity contribution in [3.8, 4) is 17.0 Å². The maximum atomic E-state index is 12.2. The van der Waals surface area contributed by atoms with E-state index in [0.29, 0.717) is 11.6 Å². The van der Waals surface area contributed by atoms with Gasteiger partial charge in [0.25, 0.3) is 0 Å². The molecule has 6 heteroatoms. The highest BCUT2D eigenvalue weighted by Gasteiger charge is 2.14. The van der Waals surface area contributed by atoms with Crippen molar-refractivity contribution >= 4 is 17.8 Å². The largest absolute Gasteiger partial charge is 0.497 e. The molecule has 138 valence electrons. The number of rotatable bonds is 6. The molecular weight excluding hydrogens is 342 g/mol. The fourth-order valence-corrected chi connectivity index (χ4v) is 2.53. The zero-order valence-electron chi connectivity index (χ0n) is 15.5. The summed E-state index contributed by atoms with van der Waals surface area (Å²) in [6, 6.07) is 15.3. The second-order valence-electron chi connectivity index (χ2n) is 6.33. The molecule has 0 unspecified atom stereocenters. The fourth-order valence-electron chi connectivity index (χ4n) is 2.53. The smallest absolute Gasteiger partial charge is 0.249 e. The summed E-state index contributed by atoms with van der Waals surface area (Å²) in [6.07, 6.45) is 3.14. The van der Waals surface area contributed by atoms with Gasteiger partial charge in [0.15, 0.2) is 5.69 Å². The number of methoxy groups -OCH3 is 1. The first-order valence-electron chi connectivity index (χ1n) is 8.63. The van der Waals surface area contributed by atoms with Gasteiger partial charge in [0.1, 0.15) is 5.75 Å². The molecule has 27 heavy (non-hydrogen) atoms. The van der Waals surface area contributed by atoms with E-state index >= 15 is 0 Å². The minimum Gasteiger partial charge on any atom is -0.497 e. The van der Waals surface area contributed by atoms with Crippen LogP contribution in [-0.4, -0.2) is 23.3 Å². The van der Waals surface area contributed by atoms with Gasteiger partial charge in [-0.25, -0.2) is 4.63 Å². The molecule has 0 atom stereocenters. The molecule has 0 saturated heterocycles. The number of carbonyl (C=O) groups excluding carboxylic acids is 1. The summed E-state index contributed by atoms with van der Waals surface area (Å²) in [4.78, 5) is 12.2. The predicted molar refractivity (Wildman–Crippen MR) is 104 cm³/mol. The van der Waals surface area contributed by atoms with Crippen LogP contribution in [0.3, 0.4) is 0 Å². The van der Waals surface area contributed by atoms with Crippen LogP contribution in [0.2, 0.25) is 0 Å². The molecule has 0 spiro atoms. The number of anilines is 1. The number of hydrogen-bond donors (Lipinski definition) is 1. The molecular formula is C21H21N3O3. The van der Waals surface area contributed by atoms with Gasteiger partial charge in [0.2, 0.25) is 11.7 Å². The fraction of sp³-hybridized carbons (Fsp3) is 0.190. The van der Waals surface area contributed by atoms with Gasteiger partial charge in [0, 0.05) is 11.6 Å². The molecule has 0 aliphatic heterocycles. The van der Waals surface area contributed by atoms with E-state index in [1.165, 1.54) is 11.6 Å². The van der Waals surface area contributed by atoms with Crippen molar-refractivity contribution in [2.75, 3.05) is 12.4 Å². The summed E-state index contributed by atoms with van der Waals surface area (Å²) in [5.41, 5.74) is 3.43. The molecule has 6 nitrogen and oxygen atoms in total. The van der Waals surface area contributed by atoms with Crippen molar-refractivity contribution in [1.82, 2.24) is 10.3 Å². The van der Waals surface area contributed by atoms with Gasteiger partial charge >= 0.3 is 0 Å². The first kappa shape index (κ1) is 18.4. The predicted octanol–water partition coefficient (Wildman–Crippen LogP) is 4.52. The number of nitrogens with one attached hydrogen (secondary N) is 1. The third-order valence-corrected chi connectivity index (χ3v) is 4.12. The summed E-state index contributed by atoms with van der Waals surface area (Å²) >= 11 is 0. The number of ether oxygens (including phenoxy) is 1. The Balaban J connectivity index is 1.70. The number of nitrogens with zero attached hydrogens (tertiary/aromatic N) is 2. The Bertz CT molecular complexity index is 926. The van der Waals surface area contributed by atoms with Gasteiger partial charge in [-0.1, -0.05) is 50.2 Å². The maximum absolute atomic E-state index is 12.2. The van der Waals surface area contributed by atoms with Gasteiger partial charge in [-0.15, -0.1) is 0 Å². The SMILES string of the molecule is COc1ccc(/C=C/C(=O)Nc2nonc2-c2ccc(C(C)C)cc2)cc1. The summed E-state index contributed by atoms with van der Waals surface area (Å²) in [5.74, 6) is 1.17. The first-order valence-corrected chi connectivity index (χ1v) is 8.63. The molecule has 1 amide bonds. The summed E-state index contributed by atoms with van der Waals surface area (Å²) in [5, 5.41) is 10.4. The van der Waals surface area contributed by atoms with Crippen LogP contribution in [0, 0.1) is 0 Å². The highest BCUT2D eigenvalue weighted by Crippen LogP contribution is 2.26. The van der Waals surface area contributed by atoms with Gasteiger partial charge in [0.05, 0.1) is 7.11 Å². The second kappa shape index (κ2) is 8.31. The minimum absolute atomic E-state index is 0.289. The lowest BCUT2D eigenvalue weighted by Crippen LogP contribution is -2.09. The van der Waals surface area contributed by atoms with Crippen LogP contribution in [-0.2, 0) is 4.79 Å². The van der Waals surface area contributed by atoms with Crippen molar-refractivity contribution in [3.63, 3.8) is 0 Å². The van der Waals surface area contributed by atoms with Crippen LogP contribution in [0.1, 0.15) is 30.9 Å². The van der Waals surface area contributed by atoms with Crippen molar-refractivity contribution in [2.24, 2.45) is 0 Å².